The molecular weight excluding hydrogens is 386 g/mol. The van der Waals surface area contributed by atoms with Crippen LogP contribution in [0.4, 0.5) is 0 Å². The molecule has 4 nitrogen and oxygen atoms in total. The van der Waals surface area contributed by atoms with Crippen molar-refractivity contribution >= 4 is 27.8 Å². The van der Waals surface area contributed by atoms with Gasteiger partial charge in [0.25, 0.3) is 0 Å². The first-order chi connectivity index (χ1) is 14.6. The summed E-state index contributed by atoms with van der Waals surface area (Å²) in [5, 5.41) is 12.5. The van der Waals surface area contributed by atoms with Crippen LogP contribution < -0.4 is 0 Å². The molecule has 1 atom stereocenters. The van der Waals surface area contributed by atoms with Gasteiger partial charge in [0.05, 0.1) is 11.1 Å². The Bertz CT molecular complexity index is 1290. The Kier molecular flexibility index (Phi) is 5.14. The summed E-state index contributed by atoms with van der Waals surface area (Å²) >= 11 is 0. The maximum Gasteiger partial charge on any atom is 0.337 e. The second kappa shape index (κ2) is 7.54. The molecule has 0 saturated heterocycles. The molecule has 0 saturated carbocycles. The number of carboxylic acid groups (broad SMARTS) is 1. The Hall–Kier alpha value is -3.11. The standard InChI is InChI=1S/C27H29NO3/c1-15-11-13-18(14-12-15)21-16(2)22-19-9-7-8-10-20(19)28-24(22)17(3)23(21)25(26(29)30)31-27(4,5)6/h7-14,25,28H,1-6H3,(H,29,30). The minimum absolute atomic E-state index is 0.608. The van der Waals surface area contributed by atoms with Crippen molar-refractivity contribution in [2.75, 3.05) is 0 Å². The molecule has 0 bridgehead atoms. The van der Waals surface area contributed by atoms with E-state index in [0.29, 0.717) is 5.56 Å². The van der Waals surface area contributed by atoms with Gasteiger partial charge >= 0.3 is 5.97 Å². The normalized spacial score (nSPS) is 13.1. The number of ether oxygens (including phenoxy) is 1. The lowest BCUT2D eigenvalue weighted by molar-refractivity contribution is -0.160. The van der Waals surface area contributed by atoms with Crippen LogP contribution in [0.15, 0.2) is 48.5 Å². The van der Waals surface area contributed by atoms with Crippen LogP contribution in [-0.2, 0) is 9.53 Å². The number of aryl methyl sites for hydroxylation is 3. The van der Waals surface area contributed by atoms with E-state index in [-0.39, 0.29) is 0 Å². The fraction of sp³-hybridized carbons (Fsp3) is 0.296. The molecule has 4 heteroatoms. The van der Waals surface area contributed by atoms with Gasteiger partial charge < -0.3 is 14.8 Å². The fourth-order valence-corrected chi connectivity index (χ4v) is 4.47. The molecule has 1 unspecified atom stereocenters. The highest BCUT2D eigenvalue weighted by Crippen LogP contribution is 2.44. The number of aromatic nitrogens is 1. The number of aliphatic carboxylic acids is 1. The average Bonchev–Trinajstić information content (AvgIpc) is 3.09. The highest BCUT2D eigenvalue weighted by atomic mass is 16.5. The molecule has 0 aliphatic rings. The first kappa shape index (κ1) is 21.1. The number of benzene rings is 3. The van der Waals surface area contributed by atoms with Crippen molar-refractivity contribution < 1.29 is 14.6 Å². The Morgan fingerprint density at radius 2 is 1.61 bits per heavy atom. The van der Waals surface area contributed by atoms with Gasteiger partial charge in [-0.25, -0.2) is 4.79 Å². The SMILES string of the molecule is Cc1ccc(-c2c(C(OC(C)(C)C)C(=O)O)c(C)c3[nH]c4ccccc4c3c2C)cc1. The van der Waals surface area contributed by atoms with E-state index < -0.39 is 17.7 Å². The van der Waals surface area contributed by atoms with E-state index in [1.54, 1.807) is 0 Å². The molecule has 0 aliphatic carbocycles. The zero-order valence-electron chi connectivity index (χ0n) is 19.0. The molecule has 0 amide bonds. The number of para-hydroxylation sites is 1. The van der Waals surface area contributed by atoms with Crippen molar-refractivity contribution in [3.63, 3.8) is 0 Å². The summed E-state index contributed by atoms with van der Waals surface area (Å²) in [7, 11) is 0. The molecule has 0 fully saturated rings. The number of rotatable bonds is 4. The first-order valence-electron chi connectivity index (χ1n) is 10.6. The summed E-state index contributed by atoms with van der Waals surface area (Å²) in [6.45, 7) is 11.8. The molecule has 0 radical (unpaired) electrons. The van der Waals surface area contributed by atoms with Crippen molar-refractivity contribution in [2.45, 2.75) is 53.2 Å². The van der Waals surface area contributed by atoms with Crippen LogP contribution in [0.25, 0.3) is 32.9 Å². The molecule has 0 aliphatic heterocycles. The summed E-state index contributed by atoms with van der Waals surface area (Å²) in [6.07, 6.45) is -1.08. The van der Waals surface area contributed by atoms with E-state index in [2.05, 4.69) is 55.2 Å². The van der Waals surface area contributed by atoms with Gasteiger partial charge in [-0.1, -0.05) is 48.0 Å². The van der Waals surface area contributed by atoms with E-state index in [9.17, 15) is 9.90 Å². The van der Waals surface area contributed by atoms with Gasteiger partial charge in [-0.3, -0.25) is 0 Å². The van der Waals surface area contributed by atoms with E-state index in [1.807, 2.05) is 39.8 Å². The molecule has 3 aromatic carbocycles. The quantitative estimate of drug-likeness (QED) is 0.383. The topological polar surface area (TPSA) is 62.3 Å². The van der Waals surface area contributed by atoms with Crippen LogP contribution in [-0.4, -0.2) is 21.7 Å². The third-order valence-corrected chi connectivity index (χ3v) is 5.80. The van der Waals surface area contributed by atoms with Crippen molar-refractivity contribution in [3.8, 4) is 11.1 Å². The third kappa shape index (κ3) is 3.72. The fourth-order valence-electron chi connectivity index (χ4n) is 4.47. The van der Waals surface area contributed by atoms with Crippen LogP contribution in [0.1, 0.15) is 49.1 Å². The lowest BCUT2D eigenvalue weighted by Gasteiger charge is -2.29. The third-order valence-electron chi connectivity index (χ3n) is 5.80. The van der Waals surface area contributed by atoms with Crippen LogP contribution in [0.5, 0.6) is 0 Å². The molecule has 160 valence electrons. The maximum absolute atomic E-state index is 12.5. The largest absolute Gasteiger partial charge is 0.479 e. The van der Waals surface area contributed by atoms with Gasteiger partial charge in [-0.2, -0.15) is 0 Å². The Labute approximate surface area is 182 Å². The van der Waals surface area contributed by atoms with Crippen LogP contribution in [0.3, 0.4) is 0 Å². The lowest BCUT2D eigenvalue weighted by atomic mass is 9.85. The number of hydrogen-bond donors (Lipinski definition) is 2. The number of aromatic amines is 1. The summed E-state index contributed by atoms with van der Waals surface area (Å²) in [5.74, 6) is -0.985. The van der Waals surface area contributed by atoms with Crippen molar-refractivity contribution in [2.24, 2.45) is 0 Å². The molecule has 4 aromatic rings. The minimum Gasteiger partial charge on any atom is -0.479 e. The Balaban J connectivity index is 2.16. The average molecular weight is 416 g/mol. The minimum atomic E-state index is -1.08. The number of carboxylic acids is 1. The van der Waals surface area contributed by atoms with E-state index in [1.165, 1.54) is 0 Å². The van der Waals surface area contributed by atoms with Crippen molar-refractivity contribution in [3.05, 3.63) is 70.8 Å². The Morgan fingerprint density at radius 3 is 2.23 bits per heavy atom. The molecule has 1 aromatic heterocycles. The highest BCUT2D eigenvalue weighted by molar-refractivity contribution is 6.12. The summed E-state index contributed by atoms with van der Waals surface area (Å²) < 4.78 is 6.12. The number of nitrogens with one attached hydrogen (secondary N) is 1. The van der Waals surface area contributed by atoms with E-state index in [4.69, 9.17) is 4.74 Å². The van der Waals surface area contributed by atoms with Crippen LogP contribution in [0, 0.1) is 20.8 Å². The van der Waals surface area contributed by atoms with E-state index in [0.717, 1.165) is 49.6 Å². The second-order valence-electron chi connectivity index (χ2n) is 9.27. The number of carbonyl (C=O) groups is 1. The van der Waals surface area contributed by atoms with Crippen LogP contribution in [0.2, 0.25) is 0 Å². The molecule has 2 N–H and O–H groups in total. The van der Waals surface area contributed by atoms with E-state index >= 15 is 0 Å². The highest BCUT2D eigenvalue weighted by Gasteiger charge is 2.33. The Morgan fingerprint density at radius 1 is 0.968 bits per heavy atom. The second-order valence-corrected chi connectivity index (χ2v) is 9.27. The number of H-pyrrole nitrogens is 1. The molecule has 0 spiro atoms. The number of hydrogen-bond acceptors (Lipinski definition) is 2. The van der Waals surface area contributed by atoms with Gasteiger partial charge in [0, 0.05) is 21.9 Å². The monoisotopic (exact) mass is 415 g/mol. The molecule has 31 heavy (non-hydrogen) atoms. The zero-order valence-corrected chi connectivity index (χ0v) is 19.0. The van der Waals surface area contributed by atoms with Gasteiger partial charge in [0.2, 0.25) is 0 Å². The van der Waals surface area contributed by atoms with Gasteiger partial charge in [-0.05, 0) is 69.9 Å². The molecular formula is C27H29NO3. The molecule has 4 rings (SSSR count). The first-order valence-corrected chi connectivity index (χ1v) is 10.6. The van der Waals surface area contributed by atoms with Crippen molar-refractivity contribution in [1.29, 1.82) is 0 Å². The number of fused-ring (bicyclic) bond motifs is 3. The van der Waals surface area contributed by atoms with Crippen molar-refractivity contribution in [1.82, 2.24) is 4.98 Å². The lowest BCUT2D eigenvalue weighted by Crippen LogP contribution is -2.28. The van der Waals surface area contributed by atoms with Gasteiger partial charge in [0.1, 0.15) is 0 Å². The molecule has 1 heterocycles. The predicted octanol–water partition coefficient (Wildman–Crippen LogP) is 6.85. The van der Waals surface area contributed by atoms with Gasteiger partial charge in [-0.15, -0.1) is 0 Å². The maximum atomic E-state index is 12.5. The predicted molar refractivity (Wildman–Crippen MR) is 127 cm³/mol. The van der Waals surface area contributed by atoms with Crippen LogP contribution >= 0.6 is 0 Å². The summed E-state index contributed by atoms with van der Waals surface area (Å²) in [4.78, 5) is 16.0. The smallest absolute Gasteiger partial charge is 0.337 e. The van der Waals surface area contributed by atoms with Gasteiger partial charge in [0.15, 0.2) is 6.10 Å². The summed E-state index contributed by atoms with van der Waals surface area (Å²) in [5.41, 5.74) is 7.17. The summed E-state index contributed by atoms with van der Waals surface area (Å²) in [6, 6.07) is 16.5. The zero-order chi connectivity index (χ0) is 22.5.